The maximum Gasteiger partial charge on any atom is 0.243 e. The Kier molecular flexibility index (Phi) is 2.67. The topological polar surface area (TPSA) is 42.2 Å². The highest BCUT2D eigenvalue weighted by Crippen LogP contribution is 2.26. The average Bonchev–Trinajstić information content (AvgIpc) is 2.84. The van der Waals surface area contributed by atoms with E-state index in [0.29, 0.717) is 17.0 Å². The van der Waals surface area contributed by atoms with E-state index in [-0.39, 0.29) is 0 Å². The molecule has 0 aliphatic heterocycles. The number of pyridine rings is 1. The van der Waals surface area contributed by atoms with Crippen LogP contribution in [0, 0.1) is 5.92 Å². The first-order valence-electron chi connectivity index (χ1n) is 5.99. The van der Waals surface area contributed by atoms with Crippen molar-refractivity contribution in [2.24, 2.45) is 5.92 Å². The summed E-state index contributed by atoms with van der Waals surface area (Å²) < 4.78 is 1.71. The van der Waals surface area contributed by atoms with Gasteiger partial charge in [-0.05, 0) is 37.3 Å². The molecule has 3 rings (SSSR count). The number of nitrogens with zero attached hydrogens (tertiary/aromatic N) is 3. The quantitative estimate of drug-likeness (QED) is 0.891. The van der Waals surface area contributed by atoms with Crippen LogP contribution in [0.4, 0.5) is 5.95 Å². The van der Waals surface area contributed by atoms with E-state index in [4.69, 9.17) is 11.6 Å². The summed E-state index contributed by atoms with van der Waals surface area (Å²) in [6, 6.07) is 4.21. The lowest BCUT2D eigenvalue weighted by Gasteiger charge is -2.09. The molecular weight excluding hydrogens is 236 g/mol. The van der Waals surface area contributed by atoms with Crippen LogP contribution >= 0.6 is 11.6 Å². The number of rotatable bonds is 2. The van der Waals surface area contributed by atoms with Gasteiger partial charge in [0.15, 0.2) is 5.65 Å². The molecule has 90 valence electrons. The van der Waals surface area contributed by atoms with Gasteiger partial charge in [0.25, 0.3) is 0 Å². The Hall–Kier alpha value is -1.29. The van der Waals surface area contributed by atoms with Gasteiger partial charge in [-0.15, -0.1) is 5.10 Å². The monoisotopic (exact) mass is 250 g/mol. The van der Waals surface area contributed by atoms with Crippen LogP contribution in [0.2, 0.25) is 5.02 Å². The number of fused-ring (bicyclic) bond motifs is 1. The van der Waals surface area contributed by atoms with E-state index >= 15 is 0 Å². The fourth-order valence-corrected chi connectivity index (χ4v) is 2.60. The molecule has 1 aliphatic rings. The lowest BCUT2D eigenvalue weighted by Crippen LogP contribution is -2.16. The van der Waals surface area contributed by atoms with E-state index in [0.717, 1.165) is 11.6 Å². The van der Waals surface area contributed by atoms with E-state index in [9.17, 15) is 0 Å². The normalized spacial score (nSPS) is 24.4. The number of halogens is 1. The molecule has 2 aromatic rings. The number of hydrogen-bond acceptors (Lipinski definition) is 3. The largest absolute Gasteiger partial charge is 0.350 e. The summed E-state index contributed by atoms with van der Waals surface area (Å²) in [5, 5.41) is 8.44. The Bertz CT molecular complexity index is 536. The van der Waals surface area contributed by atoms with Crippen LogP contribution in [0.3, 0.4) is 0 Å². The Morgan fingerprint density at radius 1 is 1.41 bits per heavy atom. The molecule has 0 bridgehead atoms. The van der Waals surface area contributed by atoms with Crippen LogP contribution in [0.5, 0.6) is 0 Å². The van der Waals surface area contributed by atoms with Gasteiger partial charge in [-0.2, -0.15) is 4.98 Å². The Labute approximate surface area is 105 Å². The minimum absolute atomic E-state index is 0.512. The number of hydrogen-bond donors (Lipinski definition) is 1. The van der Waals surface area contributed by atoms with Gasteiger partial charge in [0.1, 0.15) is 0 Å². The van der Waals surface area contributed by atoms with Gasteiger partial charge in [-0.1, -0.05) is 18.5 Å². The summed E-state index contributed by atoms with van der Waals surface area (Å²) in [4.78, 5) is 4.42. The smallest absolute Gasteiger partial charge is 0.243 e. The van der Waals surface area contributed by atoms with Gasteiger partial charge in [-0.25, -0.2) is 4.52 Å². The summed E-state index contributed by atoms with van der Waals surface area (Å²) in [5.41, 5.74) is 0.822. The first kappa shape index (κ1) is 10.8. The molecule has 4 nitrogen and oxygen atoms in total. The van der Waals surface area contributed by atoms with Crippen molar-refractivity contribution in [2.75, 3.05) is 5.32 Å². The lowest BCUT2D eigenvalue weighted by atomic mass is 10.1. The Balaban J connectivity index is 1.81. The first-order chi connectivity index (χ1) is 8.20. The third-order valence-electron chi connectivity index (χ3n) is 3.32. The third kappa shape index (κ3) is 2.22. The number of aromatic nitrogens is 3. The second kappa shape index (κ2) is 4.18. The van der Waals surface area contributed by atoms with Crippen LogP contribution in [-0.2, 0) is 0 Å². The van der Waals surface area contributed by atoms with Crippen molar-refractivity contribution < 1.29 is 0 Å². The van der Waals surface area contributed by atoms with E-state index in [1.165, 1.54) is 19.3 Å². The van der Waals surface area contributed by atoms with Crippen molar-refractivity contribution in [2.45, 2.75) is 32.2 Å². The molecule has 1 N–H and O–H groups in total. The van der Waals surface area contributed by atoms with Crippen molar-refractivity contribution >= 4 is 23.2 Å². The van der Waals surface area contributed by atoms with Gasteiger partial charge in [0.05, 0.1) is 5.02 Å². The molecule has 5 heteroatoms. The van der Waals surface area contributed by atoms with Crippen molar-refractivity contribution in [3.63, 3.8) is 0 Å². The summed E-state index contributed by atoms with van der Waals surface area (Å²) in [6.45, 7) is 2.29. The summed E-state index contributed by atoms with van der Waals surface area (Å²) in [7, 11) is 0. The standard InChI is InChI=1S/C12H15ClN4/c1-8-2-4-10(6-8)14-12-15-11-5-3-9(13)7-17(11)16-12/h3,5,7-8,10H,2,4,6H2,1H3,(H,14,16). The first-order valence-corrected chi connectivity index (χ1v) is 6.37. The highest BCUT2D eigenvalue weighted by molar-refractivity contribution is 6.30. The van der Waals surface area contributed by atoms with Crippen molar-refractivity contribution in [3.05, 3.63) is 23.4 Å². The van der Waals surface area contributed by atoms with E-state index in [2.05, 4.69) is 22.3 Å². The predicted molar refractivity (Wildman–Crippen MR) is 68.4 cm³/mol. The van der Waals surface area contributed by atoms with Gasteiger partial charge in [0, 0.05) is 12.2 Å². The molecule has 2 heterocycles. The highest BCUT2D eigenvalue weighted by Gasteiger charge is 2.22. The molecule has 1 aliphatic carbocycles. The van der Waals surface area contributed by atoms with Gasteiger partial charge >= 0.3 is 0 Å². The zero-order valence-electron chi connectivity index (χ0n) is 9.73. The lowest BCUT2D eigenvalue weighted by molar-refractivity contribution is 0.601. The number of nitrogens with one attached hydrogen (secondary N) is 1. The zero-order valence-corrected chi connectivity index (χ0v) is 10.5. The second-order valence-corrected chi connectivity index (χ2v) is 5.28. The molecule has 0 amide bonds. The molecule has 0 aromatic carbocycles. The molecule has 1 saturated carbocycles. The van der Waals surface area contributed by atoms with Crippen molar-refractivity contribution in [3.8, 4) is 0 Å². The summed E-state index contributed by atoms with van der Waals surface area (Å²) >= 11 is 5.91. The van der Waals surface area contributed by atoms with E-state index in [1.807, 2.05) is 12.1 Å². The Morgan fingerprint density at radius 3 is 3.06 bits per heavy atom. The van der Waals surface area contributed by atoms with E-state index in [1.54, 1.807) is 10.7 Å². The fourth-order valence-electron chi connectivity index (χ4n) is 2.44. The van der Waals surface area contributed by atoms with Gasteiger partial charge in [0.2, 0.25) is 5.95 Å². The molecule has 0 radical (unpaired) electrons. The molecule has 17 heavy (non-hydrogen) atoms. The van der Waals surface area contributed by atoms with Crippen LogP contribution in [0.15, 0.2) is 18.3 Å². The maximum atomic E-state index is 5.91. The van der Waals surface area contributed by atoms with Crippen LogP contribution in [0.1, 0.15) is 26.2 Å². The van der Waals surface area contributed by atoms with Crippen LogP contribution in [-0.4, -0.2) is 20.6 Å². The third-order valence-corrected chi connectivity index (χ3v) is 3.55. The molecule has 1 fully saturated rings. The van der Waals surface area contributed by atoms with Crippen LogP contribution < -0.4 is 5.32 Å². The molecule has 2 unspecified atom stereocenters. The molecular formula is C12H15ClN4. The van der Waals surface area contributed by atoms with Crippen molar-refractivity contribution in [1.82, 2.24) is 14.6 Å². The highest BCUT2D eigenvalue weighted by atomic mass is 35.5. The summed E-state index contributed by atoms with van der Waals surface area (Å²) in [6.07, 6.45) is 5.47. The number of anilines is 1. The summed E-state index contributed by atoms with van der Waals surface area (Å²) in [5.74, 6) is 1.50. The molecule has 0 saturated heterocycles. The van der Waals surface area contributed by atoms with Gasteiger partial charge in [-0.3, -0.25) is 0 Å². The molecule has 2 atom stereocenters. The maximum absolute atomic E-state index is 5.91. The second-order valence-electron chi connectivity index (χ2n) is 4.84. The molecule has 2 aromatic heterocycles. The van der Waals surface area contributed by atoms with Crippen molar-refractivity contribution in [1.29, 1.82) is 0 Å². The van der Waals surface area contributed by atoms with E-state index < -0.39 is 0 Å². The Morgan fingerprint density at radius 2 is 2.29 bits per heavy atom. The zero-order chi connectivity index (χ0) is 11.8. The predicted octanol–water partition coefficient (Wildman–Crippen LogP) is 2.98. The van der Waals surface area contributed by atoms with Crippen LogP contribution in [0.25, 0.3) is 5.65 Å². The molecule has 0 spiro atoms. The SMILES string of the molecule is CC1CCC(Nc2nc3ccc(Cl)cn3n2)C1. The average molecular weight is 251 g/mol. The minimum atomic E-state index is 0.512. The van der Waals surface area contributed by atoms with Gasteiger partial charge < -0.3 is 5.32 Å². The fraction of sp³-hybridized carbons (Fsp3) is 0.500. The minimum Gasteiger partial charge on any atom is -0.350 e.